The molecule has 152 valence electrons. The van der Waals surface area contributed by atoms with Crippen LogP contribution in [0.2, 0.25) is 0 Å². The van der Waals surface area contributed by atoms with Crippen LogP contribution < -0.4 is 14.8 Å². The second-order valence-corrected chi connectivity index (χ2v) is 8.02. The number of nitrogens with zero attached hydrogens (tertiary/aromatic N) is 2. The van der Waals surface area contributed by atoms with Gasteiger partial charge in [-0.3, -0.25) is 14.5 Å². The summed E-state index contributed by atoms with van der Waals surface area (Å²) >= 11 is 0. The zero-order valence-electron chi connectivity index (χ0n) is 16.5. The molecule has 1 aromatic carbocycles. The maximum absolute atomic E-state index is 12.9. The first-order chi connectivity index (χ1) is 13.6. The molecule has 0 bridgehead atoms. The Labute approximate surface area is 166 Å². The van der Waals surface area contributed by atoms with Crippen molar-refractivity contribution in [1.29, 1.82) is 0 Å². The number of benzene rings is 1. The van der Waals surface area contributed by atoms with Gasteiger partial charge in [0.2, 0.25) is 11.8 Å². The topological polar surface area (TPSA) is 71.1 Å². The zero-order valence-corrected chi connectivity index (χ0v) is 16.5. The van der Waals surface area contributed by atoms with E-state index >= 15 is 0 Å². The van der Waals surface area contributed by atoms with Crippen molar-refractivity contribution in [3.05, 3.63) is 23.8 Å². The minimum atomic E-state index is -0.00123. The molecule has 0 unspecified atom stereocenters. The molecule has 1 aliphatic carbocycles. The van der Waals surface area contributed by atoms with E-state index in [1.807, 2.05) is 30.1 Å². The second kappa shape index (κ2) is 8.39. The van der Waals surface area contributed by atoms with E-state index in [0.717, 1.165) is 55.7 Å². The van der Waals surface area contributed by atoms with Crippen molar-refractivity contribution in [2.45, 2.75) is 44.2 Å². The average molecular weight is 387 g/mol. The van der Waals surface area contributed by atoms with Gasteiger partial charge in [-0.25, -0.2) is 0 Å². The summed E-state index contributed by atoms with van der Waals surface area (Å²) in [6, 6.07) is 6.41. The first kappa shape index (κ1) is 19.1. The molecule has 3 aliphatic rings. The summed E-state index contributed by atoms with van der Waals surface area (Å²) in [4.78, 5) is 28.6. The van der Waals surface area contributed by atoms with Crippen molar-refractivity contribution < 1.29 is 19.1 Å². The molecule has 1 saturated carbocycles. The third kappa shape index (κ3) is 4.58. The number of nitrogens with one attached hydrogen (secondary N) is 1. The summed E-state index contributed by atoms with van der Waals surface area (Å²) < 4.78 is 11.5. The van der Waals surface area contributed by atoms with Crippen molar-refractivity contribution in [1.82, 2.24) is 15.1 Å². The number of amides is 2. The van der Waals surface area contributed by atoms with Crippen LogP contribution in [0.25, 0.3) is 0 Å². The van der Waals surface area contributed by atoms with Gasteiger partial charge in [0, 0.05) is 19.0 Å². The second-order valence-electron chi connectivity index (χ2n) is 8.02. The summed E-state index contributed by atoms with van der Waals surface area (Å²) in [6.45, 7) is 2.57. The lowest BCUT2D eigenvalue weighted by atomic mass is 10.0. The van der Waals surface area contributed by atoms with Gasteiger partial charge < -0.3 is 19.7 Å². The van der Waals surface area contributed by atoms with Crippen molar-refractivity contribution in [3.8, 4) is 11.5 Å². The largest absolute Gasteiger partial charge is 0.490 e. The SMILES string of the molecule is CN(CC(=O)NC1CC1)CC(=O)N1CCC[C@H]1c1ccc2c(c1)OCCCO2. The fraction of sp³-hybridized carbons (Fsp3) is 0.619. The summed E-state index contributed by atoms with van der Waals surface area (Å²) in [5.74, 6) is 1.61. The third-order valence-electron chi connectivity index (χ3n) is 5.49. The minimum absolute atomic E-state index is 0.00123. The predicted octanol–water partition coefficient (Wildman–Crippen LogP) is 1.72. The normalized spacial score (nSPS) is 21.5. The van der Waals surface area contributed by atoms with Gasteiger partial charge in [0.25, 0.3) is 0 Å². The first-order valence-electron chi connectivity index (χ1n) is 10.3. The summed E-state index contributed by atoms with van der Waals surface area (Å²) in [7, 11) is 1.82. The fourth-order valence-electron chi connectivity index (χ4n) is 3.92. The van der Waals surface area contributed by atoms with Crippen LogP contribution >= 0.6 is 0 Å². The van der Waals surface area contributed by atoms with Crippen LogP contribution in [0.5, 0.6) is 11.5 Å². The summed E-state index contributed by atoms with van der Waals surface area (Å²) in [5, 5.41) is 2.96. The van der Waals surface area contributed by atoms with E-state index in [1.54, 1.807) is 4.90 Å². The quantitative estimate of drug-likeness (QED) is 0.805. The van der Waals surface area contributed by atoms with Gasteiger partial charge in [0.05, 0.1) is 32.3 Å². The Bertz CT molecular complexity index is 734. The highest BCUT2D eigenvalue weighted by atomic mass is 16.5. The van der Waals surface area contributed by atoms with E-state index < -0.39 is 0 Å². The molecule has 0 radical (unpaired) electrons. The Hall–Kier alpha value is -2.28. The Balaban J connectivity index is 1.38. The van der Waals surface area contributed by atoms with E-state index in [1.165, 1.54) is 0 Å². The molecule has 4 rings (SSSR count). The number of fused-ring (bicyclic) bond motifs is 1. The molecule has 1 saturated heterocycles. The lowest BCUT2D eigenvalue weighted by molar-refractivity contribution is -0.133. The van der Waals surface area contributed by atoms with Crippen molar-refractivity contribution >= 4 is 11.8 Å². The van der Waals surface area contributed by atoms with Gasteiger partial charge in [-0.2, -0.15) is 0 Å². The molecule has 2 aliphatic heterocycles. The van der Waals surface area contributed by atoms with E-state index in [2.05, 4.69) is 5.32 Å². The fourth-order valence-corrected chi connectivity index (χ4v) is 3.92. The van der Waals surface area contributed by atoms with Crippen LogP contribution in [0, 0.1) is 0 Å². The number of hydrogen-bond donors (Lipinski definition) is 1. The first-order valence-corrected chi connectivity index (χ1v) is 10.3. The lowest BCUT2D eigenvalue weighted by Gasteiger charge is -2.27. The van der Waals surface area contributed by atoms with Gasteiger partial charge in [-0.05, 0) is 50.4 Å². The molecule has 2 heterocycles. The Morgan fingerprint density at radius 2 is 1.89 bits per heavy atom. The molecule has 2 fully saturated rings. The highest BCUT2D eigenvalue weighted by molar-refractivity contribution is 5.82. The van der Waals surface area contributed by atoms with Crippen LogP contribution in [0.1, 0.15) is 43.7 Å². The van der Waals surface area contributed by atoms with Gasteiger partial charge >= 0.3 is 0 Å². The molecule has 0 spiro atoms. The smallest absolute Gasteiger partial charge is 0.237 e. The Kier molecular flexibility index (Phi) is 5.71. The number of rotatable bonds is 6. The number of carbonyl (C=O) groups is 2. The molecule has 1 N–H and O–H groups in total. The molecule has 7 nitrogen and oxygen atoms in total. The Morgan fingerprint density at radius 3 is 2.68 bits per heavy atom. The molecule has 1 atom stereocenters. The highest BCUT2D eigenvalue weighted by Crippen LogP contribution is 2.37. The van der Waals surface area contributed by atoms with Crippen LogP contribution in [0.4, 0.5) is 0 Å². The zero-order chi connectivity index (χ0) is 19.5. The average Bonchev–Trinajstić information content (AvgIpc) is 3.38. The maximum atomic E-state index is 12.9. The molecule has 0 aromatic heterocycles. The maximum Gasteiger partial charge on any atom is 0.237 e. The van der Waals surface area contributed by atoms with Gasteiger partial charge in [0.1, 0.15) is 0 Å². The van der Waals surface area contributed by atoms with Crippen LogP contribution in [0.3, 0.4) is 0 Å². The Morgan fingerprint density at radius 1 is 1.11 bits per heavy atom. The van der Waals surface area contributed by atoms with Crippen molar-refractivity contribution in [3.63, 3.8) is 0 Å². The predicted molar refractivity (Wildman–Crippen MR) is 104 cm³/mol. The van der Waals surface area contributed by atoms with Crippen LogP contribution in [0.15, 0.2) is 18.2 Å². The third-order valence-corrected chi connectivity index (χ3v) is 5.49. The lowest BCUT2D eigenvalue weighted by Crippen LogP contribution is -2.42. The standard InChI is InChI=1S/C21H29N3O4/c1-23(13-20(25)22-16-6-7-16)14-21(26)24-9-2-4-17(24)15-5-8-18-19(12-15)28-11-3-10-27-18/h5,8,12,16-17H,2-4,6-7,9-11,13-14H2,1H3,(H,22,25)/t17-/m0/s1. The van der Waals surface area contributed by atoms with Crippen molar-refractivity contribution in [2.75, 3.05) is 39.9 Å². The molecule has 7 heteroatoms. The molecule has 2 amide bonds. The number of ether oxygens (including phenoxy) is 2. The van der Waals surface area contributed by atoms with E-state index in [-0.39, 0.29) is 30.9 Å². The number of likely N-dealkylation sites (N-methyl/N-ethyl adjacent to an activating group) is 1. The minimum Gasteiger partial charge on any atom is -0.490 e. The van der Waals surface area contributed by atoms with Gasteiger partial charge in [-0.1, -0.05) is 6.07 Å². The number of carbonyl (C=O) groups excluding carboxylic acids is 2. The molecular formula is C21H29N3O4. The number of hydrogen-bond acceptors (Lipinski definition) is 5. The monoisotopic (exact) mass is 387 g/mol. The molecular weight excluding hydrogens is 358 g/mol. The van der Waals surface area contributed by atoms with E-state index in [0.29, 0.717) is 19.3 Å². The van der Waals surface area contributed by atoms with Gasteiger partial charge in [0.15, 0.2) is 11.5 Å². The van der Waals surface area contributed by atoms with Crippen molar-refractivity contribution in [2.24, 2.45) is 0 Å². The van der Waals surface area contributed by atoms with E-state index in [4.69, 9.17) is 9.47 Å². The number of likely N-dealkylation sites (tertiary alicyclic amines) is 1. The summed E-state index contributed by atoms with van der Waals surface area (Å²) in [5.41, 5.74) is 1.09. The summed E-state index contributed by atoms with van der Waals surface area (Å²) in [6.07, 6.45) is 4.94. The van der Waals surface area contributed by atoms with Crippen LogP contribution in [-0.4, -0.2) is 67.6 Å². The highest BCUT2D eigenvalue weighted by Gasteiger charge is 2.31. The molecule has 28 heavy (non-hydrogen) atoms. The van der Waals surface area contributed by atoms with Gasteiger partial charge in [-0.15, -0.1) is 0 Å². The van der Waals surface area contributed by atoms with Crippen LogP contribution in [-0.2, 0) is 9.59 Å². The van der Waals surface area contributed by atoms with E-state index in [9.17, 15) is 9.59 Å². The molecule has 1 aromatic rings.